The predicted octanol–water partition coefficient (Wildman–Crippen LogP) is 3.84. The molecule has 0 amide bonds. The molecule has 0 aliphatic carbocycles. The molecule has 0 fully saturated rings. The highest BCUT2D eigenvalue weighted by Gasteiger charge is 2.23. The molecular weight excluding hydrogens is 330 g/mol. The van der Waals surface area contributed by atoms with Gasteiger partial charge in [-0.15, -0.1) is 0 Å². The molecule has 4 heteroatoms. The third kappa shape index (κ3) is 4.41. The molecule has 21 heavy (non-hydrogen) atoms. The van der Waals surface area contributed by atoms with Crippen molar-refractivity contribution in [3.8, 4) is 0 Å². The highest BCUT2D eigenvalue weighted by molar-refractivity contribution is 9.10. The molecule has 0 aromatic heterocycles. The van der Waals surface area contributed by atoms with E-state index >= 15 is 0 Å². The number of nitrogens with one attached hydrogen (secondary N) is 1. The predicted molar refractivity (Wildman–Crippen MR) is 86.8 cm³/mol. The molecule has 1 atom stereocenters. The zero-order valence-corrected chi connectivity index (χ0v) is 13.5. The van der Waals surface area contributed by atoms with Crippen LogP contribution in [0.25, 0.3) is 0 Å². The first-order chi connectivity index (χ1) is 10.2. The van der Waals surface area contributed by atoms with E-state index in [4.69, 9.17) is 4.74 Å². The van der Waals surface area contributed by atoms with Gasteiger partial charge in [0.1, 0.15) is 6.04 Å². The standard InChI is InChI=1S/C17H18BrNO2/c1-2-21-17(20)16(14-10-6-7-11-15(14)18)19-12-13-8-4-3-5-9-13/h3-11,16,19H,2,12H2,1H3. The van der Waals surface area contributed by atoms with E-state index in [9.17, 15) is 4.79 Å². The van der Waals surface area contributed by atoms with Crippen LogP contribution in [0.4, 0.5) is 0 Å². The fourth-order valence-electron chi connectivity index (χ4n) is 2.07. The average Bonchev–Trinajstić information content (AvgIpc) is 2.50. The number of hydrogen-bond donors (Lipinski definition) is 1. The summed E-state index contributed by atoms with van der Waals surface area (Å²) in [6.45, 7) is 2.78. The van der Waals surface area contributed by atoms with E-state index in [0.717, 1.165) is 15.6 Å². The molecule has 2 aromatic rings. The van der Waals surface area contributed by atoms with Crippen LogP contribution in [0.1, 0.15) is 24.1 Å². The first-order valence-corrected chi connectivity index (χ1v) is 7.70. The largest absolute Gasteiger partial charge is 0.465 e. The lowest BCUT2D eigenvalue weighted by molar-refractivity contribution is -0.145. The highest BCUT2D eigenvalue weighted by atomic mass is 79.9. The molecule has 3 nitrogen and oxygen atoms in total. The Balaban J connectivity index is 2.17. The van der Waals surface area contributed by atoms with Gasteiger partial charge < -0.3 is 4.74 Å². The zero-order valence-electron chi connectivity index (χ0n) is 11.9. The van der Waals surface area contributed by atoms with Gasteiger partial charge in [0.25, 0.3) is 0 Å². The fourth-order valence-corrected chi connectivity index (χ4v) is 2.58. The Kier molecular flexibility index (Phi) is 5.96. The van der Waals surface area contributed by atoms with Crippen molar-refractivity contribution in [1.29, 1.82) is 0 Å². The molecule has 2 aromatic carbocycles. The normalized spacial score (nSPS) is 11.9. The van der Waals surface area contributed by atoms with Crippen molar-refractivity contribution in [2.75, 3.05) is 6.61 Å². The maximum Gasteiger partial charge on any atom is 0.327 e. The molecular formula is C17H18BrNO2. The van der Waals surface area contributed by atoms with Gasteiger partial charge in [-0.3, -0.25) is 5.32 Å². The first kappa shape index (κ1) is 15.7. The van der Waals surface area contributed by atoms with Crippen LogP contribution in [0.5, 0.6) is 0 Å². The summed E-state index contributed by atoms with van der Waals surface area (Å²) in [5.41, 5.74) is 2.01. The summed E-state index contributed by atoms with van der Waals surface area (Å²) in [7, 11) is 0. The second kappa shape index (κ2) is 7.96. The summed E-state index contributed by atoms with van der Waals surface area (Å²) in [5.74, 6) is -0.264. The number of ether oxygens (including phenoxy) is 1. The van der Waals surface area contributed by atoms with Crippen molar-refractivity contribution in [2.24, 2.45) is 0 Å². The molecule has 0 aliphatic rings. The molecule has 0 heterocycles. The van der Waals surface area contributed by atoms with Crippen LogP contribution in [0.15, 0.2) is 59.1 Å². The molecule has 0 bridgehead atoms. The van der Waals surface area contributed by atoms with E-state index in [1.165, 1.54) is 0 Å². The van der Waals surface area contributed by atoms with Gasteiger partial charge in [0, 0.05) is 11.0 Å². The van der Waals surface area contributed by atoms with E-state index in [1.807, 2.05) is 61.5 Å². The Morgan fingerprint density at radius 2 is 1.81 bits per heavy atom. The maximum absolute atomic E-state index is 12.2. The summed E-state index contributed by atoms with van der Waals surface area (Å²) in [5, 5.41) is 3.27. The van der Waals surface area contributed by atoms with Gasteiger partial charge in [0.05, 0.1) is 6.61 Å². The SMILES string of the molecule is CCOC(=O)C(NCc1ccccc1)c1ccccc1Br. The third-order valence-electron chi connectivity index (χ3n) is 3.09. The molecule has 110 valence electrons. The van der Waals surface area contributed by atoms with Crippen LogP contribution >= 0.6 is 15.9 Å². The molecule has 0 aliphatic heterocycles. The summed E-state index contributed by atoms with van der Waals surface area (Å²) in [6.07, 6.45) is 0. The Morgan fingerprint density at radius 1 is 1.14 bits per heavy atom. The minimum absolute atomic E-state index is 0.264. The second-order valence-electron chi connectivity index (χ2n) is 4.57. The maximum atomic E-state index is 12.2. The summed E-state index contributed by atoms with van der Waals surface area (Å²) in [6, 6.07) is 17.2. The number of carbonyl (C=O) groups is 1. The molecule has 2 rings (SSSR count). The Bertz CT molecular complexity index is 586. The summed E-state index contributed by atoms with van der Waals surface area (Å²) in [4.78, 5) is 12.2. The van der Waals surface area contributed by atoms with E-state index < -0.39 is 6.04 Å². The van der Waals surface area contributed by atoms with Gasteiger partial charge in [-0.25, -0.2) is 4.79 Å². The van der Waals surface area contributed by atoms with Gasteiger partial charge in [-0.05, 0) is 24.1 Å². The van der Waals surface area contributed by atoms with Crippen LogP contribution in [0.3, 0.4) is 0 Å². The number of halogens is 1. The lowest BCUT2D eigenvalue weighted by atomic mass is 10.1. The van der Waals surface area contributed by atoms with Crippen molar-refractivity contribution in [1.82, 2.24) is 5.32 Å². The lowest BCUT2D eigenvalue weighted by Gasteiger charge is -2.19. The highest BCUT2D eigenvalue weighted by Crippen LogP contribution is 2.24. The molecule has 0 saturated carbocycles. The minimum atomic E-state index is -0.485. The summed E-state index contributed by atoms with van der Waals surface area (Å²) >= 11 is 3.49. The van der Waals surface area contributed by atoms with Crippen LogP contribution in [0.2, 0.25) is 0 Å². The van der Waals surface area contributed by atoms with Crippen molar-refractivity contribution >= 4 is 21.9 Å². The van der Waals surface area contributed by atoms with Crippen LogP contribution < -0.4 is 5.32 Å². The van der Waals surface area contributed by atoms with Gasteiger partial charge in [0.2, 0.25) is 0 Å². The van der Waals surface area contributed by atoms with Crippen molar-refractivity contribution in [2.45, 2.75) is 19.5 Å². The quantitative estimate of drug-likeness (QED) is 0.806. The molecule has 0 radical (unpaired) electrons. The van der Waals surface area contributed by atoms with E-state index in [1.54, 1.807) is 0 Å². The fraction of sp³-hybridized carbons (Fsp3) is 0.235. The number of esters is 1. The number of benzene rings is 2. The molecule has 0 saturated heterocycles. The number of rotatable bonds is 6. The van der Waals surface area contributed by atoms with E-state index in [2.05, 4.69) is 21.2 Å². The molecule has 1 unspecified atom stereocenters. The van der Waals surface area contributed by atoms with Crippen molar-refractivity contribution < 1.29 is 9.53 Å². The Morgan fingerprint density at radius 3 is 2.48 bits per heavy atom. The monoisotopic (exact) mass is 347 g/mol. The van der Waals surface area contributed by atoms with Crippen LogP contribution in [0, 0.1) is 0 Å². The molecule has 0 spiro atoms. The third-order valence-corrected chi connectivity index (χ3v) is 3.81. The second-order valence-corrected chi connectivity index (χ2v) is 5.43. The number of carbonyl (C=O) groups excluding carboxylic acids is 1. The van der Waals surface area contributed by atoms with Crippen molar-refractivity contribution in [3.05, 3.63) is 70.2 Å². The average molecular weight is 348 g/mol. The lowest BCUT2D eigenvalue weighted by Crippen LogP contribution is -2.30. The Hall–Kier alpha value is -1.65. The van der Waals surface area contributed by atoms with Crippen LogP contribution in [-0.2, 0) is 16.1 Å². The van der Waals surface area contributed by atoms with Crippen LogP contribution in [-0.4, -0.2) is 12.6 Å². The number of hydrogen-bond acceptors (Lipinski definition) is 3. The smallest absolute Gasteiger partial charge is 0.327 e. The Labute approximate surface area is 133 Å². The zero-order chi connectivity index (χ0) is 15.1. The first-order valence-electron chi connectivity index (χ1n) is 6.90. The minimum Gasteiger partial charge on any atom is -0.465 e. The molecule has 1 N–H and O–H groups in total. The van der Waals surface area contributed by atoms with E-state index in [0.29, 0.717) is 13.2 Å². The topological polar surface area (TPSA) is 38.3 Å². The van der Waals surface area contributed by atoms with E-state index in [-0.39, 0.29) is 5.97 Å². The van der Waals surface area contributed by atoms with Crippen molar-refractivity contribution in [3.63, 3.8) is 0 Å². The van der Waals surface area contributed by atoms with Gasteiger partial charge >= 0.3 is 5.97 Å². The summed E-state index contributed by atoms with van der Waals surface area (Å²) < 4.78 is 6.07. The van der Waals surface area contributed by atoms with Gasteiger partial charge in [0.15, 0.2) is 0 Å². The van der Waals surface area contributed by atoms with Gasteiger partial charge in [-0.2, -0.15) is 0 Å². The van der Waals surface area contributed by atoms with Gasteiger partial charge in [-0.1, -0.05) is 64.5 Å².